The molecular formula is C14H10ClN3OS2. The lowest BCUT2D eigenvalue weighted by Gasteiger charge is -2.15. The van der Waals surface area contributed by atoms with Gasteiger partial charge in [-0.15, -0.1) is 11.3 Å². The van der Waals surface area contributed by atoms with Crippen molar-refractivity contribution in [2.24, 2.45) is 0 Å². The second kappa shape index (κ2) is 5.55. The first-order chi connectivity index (χ1) is 10.1. The van der Waals surface area contributed by atoms with Gasteiger partial charge in [0, 0.05) is 0 Å². The van der Waals surface area contributed by atoms with Gasteiger partial charge in [-0.25, -0.2) is 4.98 Å². The zero-order valence-corrected chi connectivity index (χ0v) is 13.4. The van der Waals surface area contributed by atoms with Gasteiger partial charge in [0.05, 0.1) is 26.8 Å². The number of anilines is 1. The van der Waals surface area contributed by atoms with E-state index in [1.54, 1.807) is 29.8 Å². The molecule has 0 aliphatic carbocycles. The van der Waals surface area contributed by atoms with Crippen LogP contribution in [-0.2, 0) is 4.79 Å². The predicted octanol–water partition coefficient (Wildman–Crippen LogP) is 3.37. The van der Waals surface area contributed by atoms with Gasteiger partial charge >= 0.3 is 0 Å². The minimum absolute atomic E-state index is 0.221. The molecule has 106 valence electrons. The molecule has 1 aromatic heterocycles. The van der Waals surface area contributed by atoms with E-state index >= 15 is 0 Å². The van der Waals surface area contributed by atoms with Crippen molar-refractivity contribution >= 4 is 57.9 Å². The molecule has 1 N–H and O–H groups in total. The molecule has 1 aromatic carbocycles. The number of nitrogens with one attached hydrogen (secondary N) is 1. The highest BCUT2D eigenvalue weighted by atomic mass is 35.5. The summed E-state index contributed by atoms with van der Waals surface area (Å²) < 4.78 is 0. The molecule has 0 unspecified atom stereocenters. The van der Waals surface area contributed by atoms with Crippen LogP contribution in [0.15, 0.2) is 35.5 Å². The van der Waals surface area contributed by atoms with Gasteiger partial charge in [-0.3, -0.25) is 9.69 Å². The third-order valence-corrected chi connectivity index (χ3v) is 4.51. The third kappa shape index (κ3) is 2.57. The van der Waals surface area contributed by atoms with Crippen LogP contribution in [0.5, 0.6) is 0 Å². The molecule has 21 heavy (non-hydrogen) atoms. The van der Waals surface area contributed by atoms with Crippen molar-refractivity contribution < 1.29 is 4.79 Å². The van der Waals surface area contributed by atoms with Crippen LogP contribution in [0.3, 0.4) is 0 Å². The highest BCUT2D eigenvalue weighted by molar-refractivity contribution is 7.80. The quantitative estimate of drug-likeness (QED) is 0.675. The molecule has 2 heterocycles. The van der Waals surface area contributed by atoms with Crippen molar-refractivity contribution in [3.63, 3.8) is 0 Å². The minimum Gasteiger partial charge on any atom is -0.327 e. The summed E-state index contributed by atoms with van der Waals surface area (Å²) in [5, 5.41) is 3.73. The van der Waals surface area contributed by atoms with Crippen LogP contribution in [0.1, 0.15) is 10.6 Å². The Morgan fingerprint density at radius 2 is 2.19 bits per heavy atom. The van der Waals surface area contributed by atoms with E-state index < -0.39 is 0 Å². The number of hydrogen-bond acceptors (Lipinski definition) is 4. The highest BCUT2D eigenvalue weighted by Crippen LogP contribution is 2.29. The fraction of sp³-hybridized carbons (Fsp3) is 0.0714. The van der Waals surface area contributed by atoms with Crippen LogP contribution in [0, 0.1) is 6.92 Å². The van der Waals surface area contributed by atoms with Gasteiger partial charge in [0.15, 0.2) is 5.11 Å². The maximum Gasteiger partial charge on any atom is 0.281 e. The number of amides is 1. The molecule has 4 nitrogen and oxygen atoms in total. The number of aromatic nitrogens is 1. The Balaban J connectivity index is 1.99. The van der Waals surface area contributed by atoms with E-state index in [-0.39, 0.29) is 5.91 Å². The topological polar surface area (TPSA) is 45.2 Å². The Hall–Kier alpha value is -1.76. The van der Waals surface area contributed by atoms with E-state index in [9.17, 15) is 4.79 Å². The molecule has 7 heteroatoms. The normalized spacial score (nSPS) is 16.7. The molecule has 0 spiro atoms. The second-order valence-electron chi connectivity index (χ2n) is 4.38. The van der Waals surface area contributed by atoms with Crippen molar-refractivity contribution in [2.75, 3.05) is 4.90 Å². The van der Waals surface area contributed by atoms with Crippen LogP contribution in [-0.4, -0.2) is 16.0 Å². The fourth-order valence-electron chi connectivity index (χ4n) is 1.97. The van der Waals surface area contributed by atoms with Crippen molar-refractivity contribution in [3.8, 4) is 0 Å². The maximum absolute atomic E-state index is 12.5. The summed E-state index contributed by atoms with van der Waals surface area (Å²) in [5.41, 5.74) is 3.62. The monoisotopic (exact) mass is 335 g/mol. The van der Waals surface area contributed by atoms with Crippen LogP contribution in [0.4, 0.5) is 5.69 Å². The standard InChI is InChI=1S/C14H10ClN3OS2/c1-8-12(21-7-16-8)6-10-13(19)18(14(20)17-10)11-5-3-2-4-9(11)15/h2-7H,1H3,(H,17,20)/b10-6+. The summed E-state index contributed by atoms with van der Waals surface area (Å²) in [6.45, 7) is 1.90. The molecule has 0 radical (unpaired) electrons. The van der Waals surface area contributed by atoms with Gasteiger partial charge < -0.3 is 5.32 Å². The van der Waals surface area contributed by atoms with Gasteiger partial charge in [0.25, 0.3) is 5.91 Å². The van der Waals surface area contributed by atoms with Gasteiger partial charge in [-0.1, -0.05) is 23.7 Å². The molecular weight excluding hydrogens is 326 g/mol. The lowest BCUT2D eigenvalue weighted by molar-refractivity contribution is -0.113. The van der Waals surface area contributed by atoms with Crippen LogP contribution < -0.4 is 10.2 Å². The largest absolute Gasteiger partial charge is 0.327 e. The van der Waals surface area contributed by atoms with E-state index in [4.69, 9.17) is 23.8 Å². The number of nitrogens with zero attached hydrogens (tertiary/aromatic N) is 2. The molecule has 0 saturated carbocycles. The van der Waals surface area contributed by atoms with Gasteiger partial charge in [-0.05, 0) is 37.4 Å². The van der Waals surface area contributed by atoms with E-state index in [0.29, 0.717) is 21.5 Å². The number of benzene rings is 1. The second-order valence-corrected chi connectivity index (χ2v) is 6.06. The number of carbonyl (C=O) groups excluding carboxylic acids is 1. The zero-order valence-electron chi connectivity index (χ0n) is 11.0. The first-order valence-corrected chi connectivity index (χ1v) is 7.76. The molecule has 1 aliphatic rings. The van der Waals surface area contributed by atoms with Crippen LogP contribution >= 0.6 is 35.2 Å². The molecule has 1 saturated heterocycles. The summed E-state index contributed by atoms with van der Waals surface area (Å²) in [4.78, 5) is 19.0. The number of thiazole rings is 1. The van der Waals surface area contributed by atoms with Crippen molar-refractivity contribution in [1.82, 2.24) is 10.3 Å². The van der Waals surface area contributed by atoms with Gasteiger partial charge in [0.2, 0.25) is 0 Å². The van der Waals surface area contributed by atoms with Gasteiger partial charge in [-0.2, -0.15) is 0 Å². The Morgan fingerprint density at radius 1 is 1.43 bits per heavy atom. The lowest BCUT2D eigenvalue weighted by atomic mass is 10.2. The third-order valence-electron chi connectivity index (χ3n) is 3.03. The number of para-hydroxylation sites is 1. The SMILES string of the molecule is Cc1ncsc1/C=C1/NC(=S)N(c2ccccc2Cl)C1=O. The average Bonchev–Trinajstić information content (AvgIpc) is 2.97. The summed E-state index contributed by atoms with van der Waals surface area (Å²) in [6, 6.07) is 7.10. The Morgan fingerprint density at radius 3 is 2.86 bits per heavy atom. The molecule has 1 aliphatic heterocycles. The average molecular weight is 336 g/mol. The Kier molecular flexibility index (Phi) is 3.75. The predicted molar refractivity (Wildman–Crippen MR) is 89.5 cm³/mol. The van der Waals surface area contributed by atoms with E-state index in [0.717, 1.165) is 10.6 Å². The summed E-state index contributed by atoms with van der Waals surface area (Å²) in [5.74, 6) is -0.221. The number of aryl methyl sites for hydroxylation is 1. The Labute approximate surface area is 136 Å². The molecule has 0 atom stereocenters. The number of carbonyl (C=O) groups is 1. The molecule has 1 fully saturated rings. The summed E-state index contributed by atoms with van der Waals surface area (Å²) in [6.07, 6.45) is 1.76. The maximum atomic E-state index is 12.5. The number of halogens is 1. The number of rotatable bonds is 2. The van der Waals surface area contributed by atoms with Crippen molar-refractivity contribution in [2.45, 2.75) is 6.92 Å². The van der Waals surface area contributed by atoms with Crippen molar-refractivity contribution in [3.05, 3.63) is 51.1 Å². The molecule has 2 aromatic rings. The smallest absolute Gasteiger partial charge is 0.281 e. The zero-order chi connectivity index (χ0) is 15.0. The van der Waals surface area contributed by atoms with Crippen LogP contribution in [0.2, 0.25) is 5.02 Å². The fourth-order valence-corrected chi connectivity index (χ4v) is 3.21. The highest BCUT2D eigenvalue weighted by Gasteiger charge is 2.33. The van der Waals surface area contributed by atoms with E-state index in [2.05, 4.69) is 10.3 Å². The summed E-state index contributed by atoms with van der Waals surface area (Å²) >= 11 is 12.9. The Bertz CT molecular complexity index is 769. The first-order valence-electron chi connectivity index (χ1n) is 6.09. The van der Waals surface area contributed by atoms with Crippen LogP contribution in [0.25, 0.3) is 6.08 Å². The number of hydrogen-bond donors (Lipinski definition) is 1. The van der Waals surface area contributed by atoms with Gasteiger partial charge in [0.1, 0.15) is 5.70 Å². The lowest BCUT2D eigenvalue weighted by Crippen LogP contribution is -2.30. The van der Waals surface area contributed by atoms with Crippen molar-refractivity contribution in [1.29, 1.82) is 0 Å². The van der Waals surface area contributed by atoms with E-state index in [1.165, 1.54) is 16.2 Å². The molecule has 0 bridgehead atoms. The minimum atomic E-state index is -0.221. The summed E-state index contributed by atoms with van der Waals surface area (Å²) in [7, 11) is 0. The first kappa shape index (κ1) is 14.2. The number of thiocarbonyl (C=S) groups is 1. The molecule has 1 amide bonds. The van der Waals surface area contributed by atoms with E-state index in [1.807, 2.05) is 13.0 Å². The molecule has 3 rings (SSSR count).